The molecule has 3 aromatic rings. The number of carbonyl (C=O) groups excluding carboxylic acids is 2. The van der Waals surface area contributed by atoms with Gasteiger partial charge in [0, 0.05) is 44.2 Å². The molecule has 8 nitrogen and oxygen atoms in total. The third-order valence-corrected chi connectivity index (χ3v) is 5.47. The van der Waals surface area contributed by atoms with Crippen molar-refractivity contribution in [2.75, 3.05) is 26.7 Å². The Hall–Kier alpha value is -2.94. The molecule has 1 fully saturated rings. The number of benzene rings is 1. The lowest BCUT2D eigenvalue weighted by Crippen LogP contribution is -2.28. The molecular formula is C21H21BrN4O4. The van der Waals surface area contributed by atoms with E-state index >= 15 is 0 Å². The van der Waals surface area contributed by atoms with Gasteiger partial charge in [0.05, 0.1) is 0 Å². The Morgan fingerprint density at radius 2 is 1.87 bits per heavy atom. The zero-order valence-electron chi connectivity index (χ0n) is 16.5. The van der Waals surface area contributed by atoms with Gasteiger partial charge in [-0.2, -0.15) is 4.98 Å². The molecule has 3 heterocycles. The molecule has 0 unspecified atom stereocenters. The molecule has 1 aliphatic rings. The Morgan fingerprint density at radius 3 is 2.53 bits per heavy atom. The number of hydrogen-bond acceptors (Lipinski definition) is 6. The van der Waals surface area contributed by atoms with E-state index < -0.39 is 0 Å². The van der Waals surface area contributed by atoms with E-state index in [-0.39, 0.29) is 17.6 Å². The quantitative estimate of drug-likeness (QED) is 0.543. The molecule has 0 saturated carbocycles. The highest BCUT2D eigenvalue weighted by Crippen LogP contribution is 2.20. The van der Waals surface area contributed by atoms with Crippen LogP contribution in [0.4, 0.5) is 0 Å². The second-order valence-electron chi connectivity index (χ2n) is 7.17. The first kappa shape index (κ1) is 20.3. The SMILES string of the molecule is CN(CCc1noc(-c2ccc(C(=O)N3CCCC3)cc2)n1)C(=O)c1ccc(Br)o1. The van der Waals surface area contributed by atoms with Crippen molar-refractivity contribution in [1.29, 1.82) is 0 Å². The van der Waals surface area contributed by atoms with Crippen molar-refractivity contribution in [3.63, 3.8) is 0 Å². The Morgan fingerprint density at radius 1 is 1.13 bits per heavy atom. The summed E-state index contributed by atoms with van der Waals surface area (Å²) in [5.74, 6) is 0.989. The third kappa shape index (κ3) is 4.46. The molecule has 9 heteroatoms. The Balaban J connectivity index is 1.35. The van der Waals surface area contributed by atoms with Crippen molar-refractivity contribution in [2.24, 2.45) is 0 Å². The van der Waals surface area contributed by atoms with Crippen LogP contribution in [0.15, 0.2) is 50.0 Å². The van der Waals surface area contributed by atoms with E-state index in [4.69, 9.17) is 8.94 Å². The van der Waals surface area contributed by atoms with Gasteiger partial charge >= 0.3 is 0 Å². The van der Waals surface area contributed by atoms with Gasteiger partial charge in [-0.3, -0.25) is 9.59 Å². The summed E-state index contributed by atoms with van der Waals surface area (Å²) in [4.78, 5) is 32.6. The number of nitrogens with zero attached hydrogens (tertiary/aromatic N) is 4. The zero-order valence-corrected chi connectivity index (χ0v) is 18.1. The molecule has 0 atom stereocenters. The number of aromatic nitrogens is 2. The average Bonchev–Trinajstić information content (AvgIpc) is 3.53. The van der Waals surface area contributed by atoms with Crippen LogP contribution in [0, 0.1) is 0 Å². The first-order chi connectivity index (χ1) is 14.5. The number of likely N-dealkylation sites (tertiary alicyclic amines) is 1. The summed E-state index contributed by atoms with van der Waals surface area (Å²) in [6, 6.07) is 10.5. The molecule has 2 amide bonds. The highest BCUT2D eigenvalue weighted by Gasteiger charge is 2.20. The van der Waals surface area contributed by atoms with E-state index in [2.05, 4.69) is 26.1 Å². The summed E-state index contributed by atoms with van der Waals surface area (Å²) in [5, 5.41) is 3.99. The molecule has 30 heavy (non-hydrogen) atoms. The van der Waals surface area contributed by atoms with Crippen LogP contribution in [0.5, 0.6) is 0 Å². The van der Waals surface area contributed by atoms with Crippen molar-refractivity contribution >= 4 is 27.7 Å². The molecule has 0 radical (unpaired) electrons. The molecule has 1 saturated heterocycles. The van der Waals surface area contributed by atoms with Gasteiger partial charge in [-0.05, 0) is 65.2 Å². The fraction of sp³-hybridized carbons (Fsp3) is 0.333. The second-order valence-corrected chi connectivity index (χ2v) is 7.95. The molecule has 156 valence electrons. The fourth-order valence-electron chi connectivity index (χ4n) is 3.32. The lowest BCUT2D eigenvalue weighted by atomic mass is 10.1. The number of rotatable bonds is 6. The number of furan rings is 1. The van der Waals surface area contributed by atoms with Crippen molar-refractivity contribution in [3.05, 3.63) is 58.2 Å². The van der Waals surface area contributed by atoms with Crippen LogP contribution in [0.25, 0.3) is 11.5 Å². The highest BCUT2D eigenvalue weighted by molar-refractivity contribution is 9.10. The minimum Gasteiger partial charge on any atom is -0.444 e. The standard InChI is InChI=1S/C21H21BrN4O4/c1-25(21(28)16-8-9-17(22)29-16)13-10-18-23-19(30-24-18)14-4-6-15(7-5-14)20(27)26-11-2-3-12-26/h4-9H,2-3,10-13H2,1H3. The van der Waals surface area contributed by atoms with E-state index in [0.717, 1.165) is 31.5 Å². The van der Waals surface area contributed by atoms with Gasteiger partial charge in [-0.1, -0.05) is 5.16 Å². The number of hydrogen-bond donors (Lipinski definition) is 0. The maximum atomic E-state index is 12.4. The molecular weight excluding hydrogens is 452 g/mol. The maximum absolute atomic E-state index is 12.4. The van der Waals surface area contributed by atoms with Crippen LogP contribution in [-0.2, 0) is 6.42 Å². The van der Waals surface area contributed by atoms with Gasteiger partial charge in [0.25, 0.3) is 17.7 Å². The predicted octanol–water partition coefficient (Wildman–Crippen LogP) is 3.64. The largest absolute Gasteiger partial charge is 0.444 e. The summed E-state index contributed by atoms with van der Waals surface area (Å²) in [5.41, 5.74) is 1.40. The Labute approximate surface area is 182 Å². The van der Waals surface area contributed by atoms with E-state index in [0.29, 0.717) is 34.9 Å². The number of likely N-dealkylation sites (N-methyl/N-ethyl adjacent to an activating group) is 1. The average molecular weight is 473 g/mol. The van der Waals surface area contributed by atoms with Crippen molar-refractivity contribution < 1.29 is 18.5 Å². The summed E-state index contributed by atoms with van der Waals surface area (Å²) in [7, 11) is 1.69. The van der Waals surface area contributed by atoms with Gasteiger partial charge in [0.1, 0.15) is 0 Å². The first-order valence-corrected chi connectivity index (χ1v) is 10.5. The highest BCUT2D eigenvalue weighted by atomic mass is 79.9. The van der Waals surface area contributed by atoms with E-state index in [1.807, 2.05) is 17.0 Å². The van der Waals surface area contributed by atoms with Crippen LogP contribution in [0.2, 0.25) is 0 Å². The summed E-state index contributed by atoms with van der Waals surface area (Å²) in [6.07, 6.45) is 2.57. The fourth-order valence-corrected chi connectivity index (χ4v) is 3.62. The minimum absolute atomic E-state index is 0.0570. The Bertz CT molecular complexity index is 1040. The zero-order chi connectivity index (χ0) is 21.1. The van der Waals surface area contributed by atoms with Gasteiger partial charge < -0.3 is 18.7 Å². The molecule has 2 aromatic heterocycles. The van der Waals surface area contributed by atoms with Gasteiger partial charge in [-0.15, -0.1) is 0 Å². The second kappa shape index (κ2) is 8.83. The number of amides is 2. The summed E-state index contributed by atoms with van der Waals surface area (Å²) >= 11 is 3.19. The summed E-state index contributed by atoms with van der Waals surface area (Å²) < 4.78 is 11.1. The van der Waals surface area contributed by atoms with Crippen molar-refractivity contribution in [1.82, 2.24) is 19.9 Å². The lowest BCUT2D eigenvalue weighted by molar-refractivity contribution is 0.0761. The van der Waals surface area contributed by atoms with Crippen molar-refractivity contribution in [3.8, 4) is 11.5 Å². The minimum atomic E-state index is -0.220. The molecule has 0 aliphatic carbocycles. The molecule has 0 bridgehead atoms. The van der Waals surface area contributed by atoms with Gasteiger partial charge in [-0.25, -0.2) is 0 Å². The molecule has 0 spiro atoms. The normalized spacial score (nSPS) is 13.6. The number of carbonyl (C=O) groups is 2. The maximum Gasteiger partial charge on any atom is 0.289 e. The van der Waals surface area contributed by atoms with E-state index in [9.17, 15) is 9.59 Å². The van der Waals surface area contributed by atoms with Crippen LogP contribution in [0.3, 0.4) is 0 Å². The number of halogens is 1. The smallest absolute Gasteiger partial charge is 0.289 e. The summed E-state index contributed by atoms with van der Waals surface area (Å²) in [6.45, 7) is 2.06. The molecule has 0 N–H and O–H groups in total. The monoisotopic (exact) mass is 472 g/mol. The van der Waals surface area contributed by atoms with Gasteiger partial charge in [0.15, 0.2) is 16.3 Å². The van der Waals surface area contributed by atoms with E-state index in [1.165, 1.54) is 0 Å². The Kier molecular flexibility index (Phi) is 5.98. The first-order valence-electron chi connectivity index (χ1n) is 9.74. The van der Waals surface area contributed by atoms with Crippen LogP contribution in [-0.4, -0.2) is 58.4 Å². The topological polar surface area (TPSA) is 92.7 Å². The van der Waals surface area contributed by atoms with Crippen molar-refractivity contribution in [2.45, 2.75) is 19.3 Å². The van der Waals surface area contributed by atoms with Gasteiger partial charge in [0.2, 0.25) is 0 Å². The van der Waals surface area contributed by atoms with E-state index in [1.54, 1.807) is 36.2 Å². The molecule has 1 aliphatic heterocycles. The lowest BCUT2D eigenvalue weighted by Gasteiger charge is -2.15. The van der Waals surface area contributed by atoms with Crippen LogP contribution < -0.4 is 0 Å². The van der Waals surface area contributed by atoms with Crippen LogP contribution in [0.1, 0.15) is 39.6 Å². The predicted molar refractivity (Wildman–Crippen MR) is 112 cm³/mol. The third-order valence-electron chi connectivity index (χ3n) is 5.04. The van der Waals surface area contributed by atoms with Crippen LogP contribution >= 0.6 is 15.9 Å². The molecule has 4 rings (SSSR count). The molecule has 1 aromatic carbocycles.